The van der Waals surface area contributed by atoms with Gasteiger partial charge in [-0.25, -0.2) is 0 Å². The SMILES string of the molecule is CCNCc1cccc2c1ccn2CCOCCOC. The van der Waals surface area contributed by atoms with Crippen LogP contribution in [0.3, 0.4) is 0 Å². The van der Waals surface area contributed by atoms with E-state index in [1.807, 2.05) is 0 Å². The summed E-state index contributed by atoms with van der Waals surface area (Å²) < 4.78 is 12.7. The summed E-state index contributed by atoms with van der Waals surface area (Å²) in [6.45, 7) is 6.93. The van der Waals surface area contributed by atoms with E-state index in [1.54, 1.807) is 7.11 Å². The van der Waals surface area contributed by atoms with Crippen molar-refractivity contribution in [3.63, 3.8) is 0 Å². The number of hydrogen-bond donors (Lipinski definition) is 1. The van der Waals surface area contributed by atoms with E-state index >= 15 is 0 Å². The van der Waals surface area contributed by atoms with Crippen LogP contribution >= 0.6 is 0 Å². The van der Waals surface area contributed by atoms with Crippen molar-refractivity contribution in [1.82, 2.24) is 9.88 Å². The first-order chi connectivity index (χ1) is 9.86. The fraction of sp³-hybridized carbons (Fsp3) is 0.500. The Morgan fingerprint density at radius 2 is 2.05 bits per heavy atom. The van der Waals surface area contributed by atoms with Crippen molar-refractivity contribution in [3.05, 3.63) is 36.0 Å². The van der Waals surface area contributed by atoms with Crippen molar-refractivity contribution < 1.29 is 9.47 Å². The van der Waals surface area contributed by atoms with Crippen LogP contribution in [0.5, 0.6) is 0 Å². The molecule has 0 bridgehead atoms. The third-order valence-electron chi connectivity index (χ3n) is 3.38. The van der Waals surface area contributed by atoms with E-state index in [0.717, 1.165) is 19.6 Å². The standard InChI is InChI=1S/C16H24N2O2/c1-3-17-13-14-5-4-6-16-15(14)7-8-18(16)9-10-20-12-11-19-2/h4-8,17H,3,9-13H2,1-2H3. The van der Waals surface area contributed by atoms with Crippen molar-refractivity contribution in [3.8, 4) is 0 Å². The van der Waals surface area contributed by atoms with Gasteiger partial charge in [-0.15, -0.1) is 0 Å². The molecule has 0 aliphatic rings. The van der Waals surface area contributed by atoms with Crippen LogP contribution < -0.4 is 5.32 Å². The summed E-state index contributed by atoms with van der Waals surface area (Å²) in [6.07, 6.45) is 2.14. The Morgan fingerprint density at radius 3 is 2.85 bits per heavy atom. The van der Waals surface area contributed by atoms with E-state index in [1.165, 1.54) is 16.5 Å². The van der Waals surface area contributed by atoms with Gasteiger partial charge >= 0.3 is 0 Å². The number of nitrogens with one attached hydrogen (secondary N) is 1. The molecule has 0 aliphatic carbocycles. The zero-order valence-electron chi connectivity index (χ0n) is 12.4. The van der Waals surface area contributed by atoms with Crippen molar-refractivity contribution in [2.24, 2.45) is 0 Å². The molecule has 1 N–H and O–H groups in total. The minimum atomic E-state index is 0.652. The molecule has 2 aromatic rings. The van der Waals surface area contributed by atoms with Crippen LogP contribution in [0, 0.1) is 0 Å². The third kappa shape index (κ3) is 3.82. The lowest BCUT2D eigenvalue weighted by atomic mass is 10.1. The quantitative estimate of drug-likeness (QED) is 0.714. The maximum absolute atomic E-state index is 5.53. The maximum Gasteiger partial charge on any atom is 0.0701 e. The predicted molar refractivity (Wildman–Crippen MR) is 82.0 cm³/mol. The average Bonchev–Trinajstić information content (AvgIpc) is 2.89. The molecule has 0 aliphatic heterocycles. The molecule has 0 saturated heterocycles. The molecule has 2 rings (SSSR count). The number of fused-ring (bicyclic) bond motifs is 1. The molecule has 0 saturated carbocycles. The highest BCUT2D eigenvalue weighted by atomic mass is 16.5. The molecule has 0 amide bonds. The van der Waals surface area contributed by atoms with Crippen LogP contribution in [-0.4, -0.2) is 38.0 Å². The Bertz CT molecular complexity index is 522. The van der Waals surface area contributed by atoms with Gasteiger partial charge in [-0.2, -0.15) is 0 Å². The van der Waals surface area contributed by atoms with E-state index in [0.29, 0.717) is 19.8 Å². The topological polar surface area (TPSA) is 35.4 Å². The Hall–Kier alpha value is -1.36. The van der Waals surface area contributed by atoms with Gasteiger partial charge in [0, 0.05) is 37.3 Å². The van der Waals surface area contributed by atoms with Gasteiger partial charge in [0.25, 0.3) is 0 Å². The van der Waals surface area contributed by atoms with Gasteiger partial charge in [0.2, 0.25) is 0 Å². The Morgan fingerprint density at radius 1 is 1.15 bits per heavy atom. The summed E-state index contributed by atoms with van der Waals surface area (Å²) in [7, 11) is 1.69. The molecule has 4 nitrogen and oxygen atoms in total. The van der Waals surface area contributed by atoms with E-state index < -0.39 is 0 Å². The zero-order chi connectivity index (χ0) is 14.2. The second-order valence-corrected chi connectivity index (χ2v) is 4.74. The van der Waals surface area contributed by atoms with Gasteiger partial charge in [-0.1, -0.05) is 19.1 Å². The molecule has 0 atom stereocenters. The van der Waals surface area contributed by atoms with Crippen LogP contribution in [0.15, 0.2) is 30.5 Å². The van der Waals surface area contributed by atoms with Crippen LogP contribution in [0.4, 0.5) is 0 Å². The molecule has 0 radical (unpaired) electrons. The summed E-state index contributed by atoms with van der Waals surface area (Å²) in [5, 5.41) is 4.71. The fourth-order valence-corrected chi connectivity index (χ4v) is 2.30. The highest BCUT2D eigenvalue weighted by molar-refractivity contribution is 5.83. The van der Waals surface area contributed by atoms with Crippen molar-refractivity contribution >= 4 is 10.9 Å². The first-order valence-electron chi connectivity index (χ1n) is 7.21. The summed E-state index contributed by atoms with van der Waals surface area (Å²) >= 11 is 0. The van der Waals surface area contributed by atoms with E-state index in [9.17, 15) is 0 Å². The number of hydrogen-bond acceptors (Lipinski definition) is 3. The summed E-state index contributed by atoms with van der Waals surface area (Å²) in [5.74, 6) is 0. The Labute approximate surface area is 120 Å². The van der Waals surface area contributed by atoms with E-state index in [4.69, 9.17) is 9.47 Å². The molecule has 0 unspecified atom stereocenters. The molecule has 4 heteroatoms. The van der Waals surface area contributed by atoms with Gasteiger partial charge < -0.3 is 19.4 Å². The van der Waals surface area contributed by atoms with Gasteiger partial charge in [0.1, 0.15) is 0 Å². The molecule has 0 spiro atoms. The summed E-state index contributed by atoms with van der Waals surface area (Å²) in [4.78, 5) is 0. The van der Waals surface area contributed by atoms with Gasteiger partial charge in [0.15, 0.2) is 0 Å². The molecular formula is C16H24N2O2. The molecule has 110 valence electrons. The number of aromatic nitrogens is 1. The normalized spacial score (nSPS) is 11.3. The van der Waals surface area contributed by atoms with Crippen LogP contribution in [0.1, 0.15) is 12.5 Å². The second-order valence-electron chi connectivity index (χ2n) is 4.74. The minimum Gasteiger partial charge on any atom is -0.382 e. The monoisotopic (exact) mass is 276 g/mol. The summed E-state index contributed by atoms with van der Waals surface area (Å²) in [6, 6.07) is 8.67. The van der Waals surface area contributed by atoms with Crippen LogP contribution in [-0.2, 0) is 22.6 Å². The molecule has 0 fully saturated rings. The van der Waals surface area contributed by atoms with Crippen LogP contribution in [0.2, 0.25) is 0 Å². The lowest BCUT2D eigenvalue weighted by Crippen LogP contribution is -2.12. The van der Waals surface area contributed by atoms with Gasteiger partial charge in [-0.3, -0.25) is 0 Å². The third-order valence-corrected chi connectivity index (χ3v) is 3.38. The minimum absolute atomic E-state index is 0.652. The first-order valence-corrected chi connectivity index (χ1v) is 7.21. The van der Waals surface area contributed by atoms with Crippen molar-refractivity contribution in [2.45, 2.75) is 20.0 Å². The number of benzene rings is 1. The first kappa shape index (κ1) is 15.0. The van der Waals surface area contributed by atoms with E-state index in [-0.39, 0.29) is 0 Å². The molecular weight excluding hydrogens is 252 g/mol. The van der Waals surface area contributed by atoms with Crippen LogP contribution in [0.25, 0.3) is 10.9 Å². The lowest BCUT2D eigenvalue weighted by Gasteiger charge is -2.08. The zero-order valence-corrected chi connectivity index (χ0v) is 12.4. The Balaban J connectivity index is 2.00. The maximum atomic E-state index is 5.53. The number of rotatable bonds is 9. The Kier molecular flexibility index (Phi) is 6.05. The fourth-order valence-electron chi connectivity index (χ4n) is 2.30. The predicted octanol–water partition coefficient (Wildman–Crippen LogP) is 2.41. The molecule has 20 heavy (non-hydrogen) atoms. The largest absolute Gasteiger partial charge is 0.382 e. The molecule has 1 aromatic heterocycles. The average molecular weight is 276 g/mol. The highest BCUT2D eigenvalue weighted by Crippen LogP contribution is 2.20. The smallest absolute Gasteiger partial charge is 0.0701 e. The van der Waals surface area contributed by atoms with Gasteiger partial charge in [-0.05, 0) is 24.2 Å². The van der Waals surface area contributed by atoms with Gasteiger partial charge in [0.05, 0.1) is 19.8 Å². The highest BCUT2D eigenvalue weighted by Gasteiger charge is 2.05. The second kappa shape index (κ2) is 8.04. The summed E-state index contributed by atoms with van der Waals surface area (Å²) in [5.41, 5.74) is 2.62. The number of methoxy groups -OCH3 is 1. The van der Waals surface area contributed by atoms with E-state index in [2.05, 4.69) is 47.3 Å². The van der Waals surface area contributed by atoms with Crippen molar-refractivity contribution in [1.29, 1.82) is 0 Å². The lowest BCUT2D eigenvalue weighted by molar-refractivity contribution is 0.0670. The molecule has 1 aromatic carbocycles. The number of nitrogens with zero attached hydrogens (tertiary/aromatic N) is 1. The molecule has 1 heterocycles. The van der Waals surface area contributed by atoms with Crippen molar-refractivity contribution in [2.75, 3.05) is 33.5 Å². The number of ether oxygens (including phenoxy) is 2.